The van der Waals surface area contributed by atoms with Gasteiger partial charge in [-0.15, -0.1) is 0 Å². The molecule has 0 spiro atoms. The number of nitrogens with zero attached hydrogens (tertiary/aromatic N) is 1. The van der Waals surface area contributed by atoms with Gasteiger partial charge >= 0.3 is 0 Å². The second-order valence-corrected chi connectivity index (χ2v) is 4.90. The first-order valence-electron chi connectivity index (χ1n) is 5.78. The van der Waals surface area contributed by atoms with E-state index >= 15 is 0 Å². The van der Waals surface area contributed by atoms with Crippen LogP contribution in [-0.2, 0) is 6.42 Å². The summed E-state index contributed by atoms with van der Waals surface area (Å²) in [6.45, 7) is 7.67. The van der Waals surface area contributed by atoms with E-state index in [0.717, 1.165) is 24.4 Å². The summed E-state index contributed by atoms with van der Waals surface area (Å²) in [4.78, 5) is 0. The van der Waals surface area contributed by atoms with Gasteiger partial charge in [0, 0.05) is 24.4 Å². The van der Waals surface area contributed by atoms with Crippen LogP contribution in [0.15, 0.2) is 4.52 Å². The molecule has 0 radical (unpaired) electrons. The highest BCUT2D eigenvalue weighted by atomic mass is 16.5. The van der Waals surface area contributed by atoms with Crippen LogP contribution in [0.4, 0.5) is 0 Å². The normalized spacial score (nSPS) is 24.9. The van der Waals surface area contributed by atoms with Crippen molar-refractivity contribution in [2.45, 2.75) is 39.0 Å². The molecule has 1 aromatic rings. The summed E-state index contributed by atoms with van der Waals surface area (Å²) < 4.78 is 5.44. The lowest BCUT2D eigenvalue weighted by Gasteiger charge is -2.17. The van der Waals surface area contributed by atoms with E-state index in [1.54, 1.807) is 0 Å². The SMILES string of the molecule is CNCC1c2c(C(C)C)noc2CC1C. The van der Waals surface area contributed by atoms with Crippen molar-refractivity contribution in [2.75, 3.05) is 13.6 Å². The topological polar surface area (TPSA) is 38.1 Å². The van der Waals surface area contributed by atoms with Gasteiger partial charge in [0.05, 0.1) is 5.69 Å². The largest absolute Gasteiger partial charge is 0.361 e. The standard InChI is InChI=1S/C12H20N2O/c1-7(2)12-11-9(6-13-4)8(3)5-10(11)15-14-12/h7-9,13H,5-6H2,1-4H3. The third-order valence-electron chi connectivity index (χ3n) is 3.37. The average molecular weight is 208 g/mol. The summed E-state index contributed by atoms with van der Waals surface area (Å²) in [5.41, 5.74) is 2.54. The van der Waals surface area contributed by atoms with Crippen molar-refractivity contribution in [2.24, 2.45) is 5.92 Å². The Morgan fingerprint density at radius 1 is 1.53 bits per heavy atom. The predicted molar refractivity (Wildman–Crippen MR) is 60.1 cm³/mol. The Hall–Kier alpha value is -0.830. The molecule has 1 aliphatic rings. The van der Waals surface area contributed by atoms with Crippen LogP contribution in [0.5, 0.6) is 0 Å². The monoisotopic (exact) mass is 208 g/mol. The molecule has 15 heavy (non-hydrogen) atoms. The lowest BCUT2D eigenvalue weighted by Crippen LogP contribution is -2.20. The van der Waals surface area contributed by atoms with Crippen LogP contribution < -0.4 is 5.32 Å². The molecule has 1 heterocycles. The second-order valence-electron chi connectivity index (χ2n) is 4.90. The fourth-order valence-electron chi connectivity index (χ4n) is 2.55. The first-order valence-corrected chi connectivity index (χ1v) is 5.78. The van der Waals surface area contributed by atoms with Crippen molar-refractivity contribution < 1.29 is 4.52 Å². The maximum absolute atomic E-state index is 5.44. The van der Waals surface area contributed by atoms with Gasteiger partial charge in [0.2, 0.25) is 0 Å². The zero-order valence-electron chi connectivity index (χ0n) is 10.0. The van der Waals surface area contributed by atoms with Crippen LogP contribution in [0.3, 0.4) is 0 Å². The van der Waals surface area contributed by atoms with E-state index in [1.807, 2.05) is 7.05 Å². The lowest BCUT2D eigenvalue weighted by atomic mass is 9.91. The molecule has 0 amide bonds. The Morgan fingerprint density at radius 3 is 2.87 bits per heavy atom. The van der Waals surface area contributed by atoms with E-state index in [-0.39, 0.29) is 0 Å². The van der Waals surface area contributed by atoms with Crippen molar-refractivity contribution in [1.29, 1.82) is 0 Å². The molecule has 0 fully saturated rings. The highest BCUT2D eigenvalue weighted by Crippen LogP contribution is 2.41. The third-order valence-corrected chi connectivity index (χ3v) is 3.37. The van der Waals surface area contributed by atoms with Gasteiger partial charge in [0.1, 0.15) is 5.76 Å². The Labute approximate surface area is 91.2 Å². The van der Waals surface area contributed by atoms with Gasteiger partial charge in [-0.25, -0.2) is 0 Å². The van der Waals surface area contributed by atoms with Crippen LogP contribution >= 0.6 is 0 Å². The minimum Gasteiger partial charge on any atom is -0.361 e. The molecule has 3 nitrogen and oxygen atoms in total. The van der Waals surface area contributed by atoms with Gasteiger partial charge in [0.25, 0.3) is 0 Å². The average Bonchev–Trinajstić information content (AvgIpc) is 2.68. The van der Waals surface area contributed by atoms with Crippen LogP contribution in [0.25, 0.3) is 0 Å². The summed E-state index contributed by atoms with van der Waals surface area (Å²) in [6, 6.07) is 0. The molecule has 1 aromatic heterocycles. The number of rotatable bonds is 3. The van der Waals surface area contributed by atoms with Crippen LogP contribution in [0.2, 0.25) is 0 Å². The van der Waals surface area contributed by atoms with E-state index in [1.165, 1.54) is 5.56 Å². The first kappa shape index (κ1) is 10.7. The molecule has 2 unspecified atom stereocenters. The number of likely N-dealkylation sites (N-methyl/N-ethyl adjacent to an activating group) is 1. The molecule has 2 rings (SSSR count). The molecule has 2 atom stereocenters. The Kier molecular flexibility index (Phi) is 2.83. The zero-order valence-corrected chi connectivity index (χ0v) is 10.0. The highest BCUT2D eigenvalue weighted by molar-refractivity contribution is 5.35. The summed E-state index contributed by atoms with van der Waals surface area (Å²) in [7, 11) is 2.01. The second kappa shape index (κ2) is 3.97. The maximum Gasteiger partial charge on any atom is 0.140 e. The predicted octanol–water partition coefficient (Wildman–Crippen LogP) is 2.29. The number of nitrogens with one attached hydrogen (secondary N) is 1. The number of hydrogen-bond acceptors (Lipinski definition) is 3. The van der Waals surface area contributed by atoms with E-state index < -0.39 is 0 Å². The van der Waals surface area contributed by atoms with Crippen LogP contribution in [0, 0.1) is 5.92 Å². The van der Waals surface area contributed by atoms with E-state index in [2.05, 4.69) is 31.2 Å². The third kappa shape index (κ3) is 1.69. The molecule has 0 saturated carbocycles. The summed E-state index contributed by atoms with van der Waals surface area (Å²) in [5, 5.41) is 7.47. The minimum absolute atomic E-state index is 0.460. The highest BCUT2D eigenvalue weighted by Gasteiger charge is 2.35. The van der Waals surface area contributed by atoms with Gasteiger partial charge in [-0.05, 0) is 18.9 Å². The molecule has 1 N–H and O–H groups in total. The number of fused-ring (bicyclic) bond motifs is 1. The molecule has 0 saturated heterocycles. The zero-order chi connectivity index (χ0) is 11.0. The van der Waals surface area contributed by atoms with Gasteiger partial charge < -0.3 is 9.84 Å². The molecule has 0 aromatic carbocycles. The molecule has 0 aliphatic heterocycles. The summed E-state index contributed by atoms with van der Waals surface area (Å²) >= 11 is 0. The number of hydrogen-bond donors (Lipinski definition) is 1. The maximum atomic E-state index is 5.44. The van der Waals surface area contributed by atoms with Crippen molar-refractivity contribution in [3.8, 4) is 0 Å². The Balaban J connectivity index is 2.35. The van der Waals surface area contributed by atoms with Crippen molar-refractivity contribution in [3.05, 3.63) is 17.0 Å². The smallest absolute Gasteiger partial charge is 0.140 e. The fraction of sp³-hybridized carbons (Fsp3) is 0.750. The van der Waals surface area contributed by atoms with Gasteiger partial charge in [-0.1, -0.05) is 25.9 Å². The van der Waals surface area contributed by atoms with Gasteiger partial charge in [-0.2, -0.15) is 0 Å². The van der Waals surface area contributed by atoms with E-state index in [0.29, 0.717) is 17.8 Å². The molecule has 1 aliphatic carbocycles. The quantitative estimate of drug-likeness (QED) is 0.828. The molecule has 0 bridgehead atoms. The molecule has 3 heteroatoms. The van der Waals surface area contributed by atoms with Crippen molar-refractivity contribution in [1.82, 2.24) is 10.5 Å². The molecule has 84 valence electrons. The van der Waals surface area contributed by atoms with Crippen LogP contribution in [0.1, 0.15) is 49.6 Å². The summed E-state index contributed by atoms with van der Waals surface area (Å²) in [6.07, 6.45) is 1.04. The number of aromatic nitrogens is 1. The first-order chi connectivity index (χ1) is 7.15. The Morgan fingerprint density at radius 2 is 2.27 bits per heavy atom. The lowest BCUT2D eigenvalue weighted by molar-refractivity contribution is 0.358. The van der Waals surface area contributed by atoms with Gasteiger partial charge in [0.15, 0.2) is 0 Å². The van der Waals surface area contributed by atoms with E-state index in [4.69, 9.17) is 4.52 Å². The Bertz CT molecular complexity index is 343. The summed E-state index contributed by atoms with van der Waals surface area (Å²) in [5.74, 6) is 2.83. The fourth-order valence-corrected chi connectivity index (χ4v) is 2.55. The molecular weight excluding hydrogens is 188 g/mol. The van der Waals surface area contributed by atoms with E-state index in [9.17, 15) is 0 Å². The van der Waals surface area contributed by atoms with Crippen molar-refractivity contribution in [3.63, 3.8) is 0 Å². The van der Waals surface area contributed by atoms with Crippen LogP contribution in [-0.4, -0.2) is 18.7 Å². The minimum atomic E-state index is 0.460. The molecular formula is C12H20N2O. The van der Waals surface area contributed by atoms with Crippen molar-refractivity contribution >= 4 is 0 Å². The van der Waals surface area contributed by atoms with Gasteiger partial charge in [-0.3, -0.25) is 0 Å².